The van der Waals surface area contributed by atoms with Gasteiger partial charge in [0.15, 0.2) is 8.32 Å². The molecule has 4 rings (SSSR count). The number of aldehydes is 1. The van der Waals surface area contributed by atoms with Crippen LogP contribution in [-0.4, -0.2) is 27.8 Å². The van der Waals surface area contributed by atoms with Crippen molar-refractivity contribution in [1.29, 1.82) is 0 Å². The second-order valence-corrected chi connectivity index (χ2v) is 16.9. The summed E-state index contributed by atoms with van der Waals surface area (Å²) in [6.45, 7) is 14.3. The lowest BCUT2D eigenvalue weighted by atomic mass is 9.54. The van der Waals surface area contributed by atoms with Crippen molar-refractivity contribution < 1.29 is 14.0 Å². The Bertz CT molecular complexity index is 896. The summed E-state index contributed by atoms with van der Waals surface area (Å²) in [6.07, 6.45) is 10.0. The smallest absolute Gasteiger partial charge is 0.192 e. The summed E-state index contributed by atoms with van der Waals surface area (Å²) in [5.41, 5.74) is 4.70. The Hall–Kier alpha value is -1.39. The van der Waals surface area contributed by atoms with E-state index in [1.807, 2.05) is 0 Å². The molecule has 32 heavy (non-hydrogen) atoms. The molecule has 3 nitrogen and oxygen atoms in total. The predicted molar refractivity (Wildman–Crippen MR) is 134 cm³/mol. The average molecular weight is 455 g/mol. The van der Waals surface area contributed by atoms with Gasteiger partial charge in [0.25, 0.3) is 0 Å². The Morgan fingerprint density at radius 3 is 2.66 bits per heavy atom. The lowest BCUT2D eigenvalue weighted by Crippen LogP contribution is -2.50. The van der Waals surface area contributed by atoms with E-state index in [0.29, 0.717) is 30.3 Å². The first-order valence-corrected chi connectivity index (χ1v) is 15.4. The van der Waals surface area contributed by atoms with Gasteiger partial charge in [-0.05, 0) is 91.2 Å². The van der Waals surface area contributed by atoms with Crippen molar-refractivity contribution in [3.8, 4) is 5.75 Å². The standard InChI is InChI=1S/C28H42O3Si/c1-27(2,3)32(6,7)31-25-13-12-24-26-19(9-8-16-29)17-20-18-21(30-5)10-11-22(20)23(26)14-15-28(24,25)4/h10-12,16,18-19,23,25-26H,8-9,13-15,17H2,1-7H3/t19-,23?,25+,26?,28+/m1/s1. The van der Waals surface area contributed by atoms with Crippen LogP contribution in [0, 0.1) is 17.3 Å². The van der Waals surface area contributed by atoms with Crippen molar-refractivity contribution in [3.05, 3.63) is 41.0 Å². The van der Waals surface area contributed by atoms with Crippen LogP contribution in [-0.2, 0) is 15.6 Å². The summed E-state index contributed by atoms with van der Waals surface area (Å²) in [4.78, 5) is 11.3. The number of rotatable bonds is 6. The van der Waals surface area contributed by atoms with Gasteiger partial charge in [0.05, 0.1) is 13.2 Å². The van der Waals surface area contributed by atoms with Crippen molar-refractivity contribution in [1.82, 2.24) is 0 Å². The Balaban J connectivity index is 1.67. The summed E-state index contributed by atoms with van der Waals surface area (Å²) in [5, 5.41) is 0.221. The highest BCUT2D eigenvalue weighted by Crippen LogP contribution is 2.61. The van der Waals surface area contributed by atoms with E-state index in [9.17, 15) is 4.79 Å². The van der Waals surface area contributed by atoms with Gasteiger partial charge in [0, 0.05) is 11.8 Å². The molecule has 1 fully saturated rings. The number of carbonyl (C=O) groups excluding carboxylic acids is 1. The van der Waals surface area contributed by atoms with Gasteiger partial charge in [-0.3, -0.25) is 0 Å². The number of fused-ring (bicyclic) bond motifs is 5. The van der Waals surface area contributed by atoms with Gasteiger partial charge >= 0.3 is 0 Å². The van der Waals surface area contributed by atoms with Crippen molar-refractivity contribution in [2.24, 2.45) is 17.3 Å². The van der Waals surface area contributed by atoms with Gasteiger partial charge in [-0.1, -0.05) is 45.4 Å². The third-order valence-electron chi connectivity index (χ3n) is 9.33. The van der Waals surface area contributed by atoms with Crippen LogP contribution in [0.1, 0.15) is 76.8 Å². The SMILES string of the molecule is COc1ccc2c(c1)C[C@@H](CCC=O)C1C3=CC[C@H](O[Si](C)(C)C(C)(C)C)[C@@]3(C)CCC21. The fourth-order valence-electron chi connectivity index (χ4n) is 6.45. The number of carbonyl (C=O) groups is 1. The Morgan fingerprint density at radius 2 is 2.00 bits per heavy atom. The first-order chi connectivity index (χ1) is 15.0. The molecule has 0 bridgehead atoms. The zero-order valence-corrected chi connectivity index (χ0v) is 22.2. The monoisotopic (exact) mass is 454 g/mol. The number of hydrogen-bond donors (Lipinski definition) is 0. The lowest BCUT2D eigenvalue weighted by Gasteiger charge is -2.52. The molecule has 0 aliphatic heterocycles. The molecular weight excluding hydrogens is 412 g/mol. The Kier molecular flexibility index (Phi) is 6.26. The van der Waals surface area contributed by atoms with E-state index < -0.39 is 8.32 Å². The molecule has 0 aromatic heterocycles. The average Bonchev–Trinajstić information content (AvgIpc) is 3.06. The number of methoxy groups -OCH3 is 1. The Morgan fingerprint density at radius 1 is 1.25 bits per heavy atom. The van der Waals surface area contributed by atoms with Crippen LogP contribution >= 0.6 is 0 Å². The highest BCUT2D eigenvalue weighted by atomic mass is 28.4. The molecule has 3 aliphatic rings. The molecule has 1 aromatic rings. The second-order valence-electron chi connectivity index (χ2n) is 12.1. The Labute approximate surface area is 196 Å². The van der Waals surface area contributed by atoms with E-state index >= 15 is 0 Å². The molecule has 2 unspecified atom stereocenters. The zero-order chi connectivity index (χ0) is 23.3. The van der Waals surface area contributed by atoms with E-state index in [2.05, 4.69) is 65.1 Å². The normalized spacial score (nSPS) is 31.9. The number of hydrogen-bond acceptors (Lipinski definition) is 3. The zero-order valence-electron chi connectivity index (χ0n) is 21.2. The first kappa shape index (κ1) is 23.8. The van der Waals surface area contributed by atoms with Gasteiger partial charge in [-0.15, -0.1) is 0 Å². The maximum atomic E-state index is 11.3. The molecule has 0 N–H and O–H groups in total. The van der Waals surface area contributed by atoms with E-state index in [-0.39, 0.29) is 10.5 Å². The van der Waals surface area contributed by atoms with Crippen molar-refractivity contribution in [2.75, 3.05) is 7.11 Å². The maximum Gasteiger partial charge on any atom is 0.192 e. The molecule has 0 amide bonds. The summed E-state index contributed by atoms with van der Waals surface area (Å²) in [5.74, 6) is 2.54. The molecule has 176 valence electrons. The largest absolute Gasteiger partial charge is 0.497 e. The van der Waals surface area contributed by atoms with Crippen molar-refractivity contribution in [3.63, 3.8) is 0 Å². The molecule has 1 aromatic carbocycles. The molecule has 0 heterocycles. The van der Waals surface area contributed by atoms with Crippen LogP contribution < -0.4 is 4.74 Å². The summed E-state index contributed by atoms with van der Waals surface area (Å²) in [6, 6.07) is 6.67. The van der Waals surface area contributed by atoms with E-state index in [4.69, 9.17) is 9.16 Å². The van der Waals surface area contributed by atoms with Gasteiger partial charge in [-0.25, -0.2) is 0 Å². The number of benzene rings is 1. The van der Waals surface area contributed by atoms with Crippen LogP contribution in [0.2, 0.25) is 18.1 Å². The molecular formula is C28H42O3Si. The summed E-state index contributed by atoms with van der Waals surface area (Å²) >= 11 is 0. The highest BCUT2D eigenvalue weighted by molar-refractivity contribution is 6.74. The van der Waals surface area contributed by atoms with E-state index in [1.54, 1.807) is 12.7 Å². The van der Waals surface area contributed by atoms with E-state index in [0.717, 1.165) is 31.3 Å². The highest BCUT2D eigenvalue weighted by Gasteiger charge is 2.55. The molecule has 4 heteroatoms. The number of ether oxygens (including phenoxy) is 1. The van der Waals surface area contributed by atoms with Crippen LogP contribution in [0.5, 0.6) is 5.75 Å². The maximum absolute atomic E-state index is 11.3. The fourth-order valence-corrected chi connectivity index (χ4v) is 7.87. The molecule has 0 saturated heterocycles. The minimum absolute atomic E-state index is 0.125. The van der Waals surface area contributed by atoms with Crippen molar-refractivity contribution in [2.45, 2.75) is 96.4 Å². The lowest BCUT2D eigenvalue weighted by molar-refractivity contribution is -0.108. The topological polar surface area (TPSA) is 35.5 Å². The quantitative estimate of drug-likeness (QED) is 0.262. The van der Waals surface area contributed by atoms with Crippen molar-refractivity contribution >= 4 is 14.6 Å². The van der Waals surface area contributed by atoms with Crippen LogP contribution in [0.25, 0.3) is 0 Å². The summed E-state index contributed by atoms with van der Waals surface area (Å²) in [7, 11) is -0.0914. The second kappa shape index (κ2) is 8.43. The van der Waals surface area contributed by atoms with Crippen LogP contribution in [0.4, 0.5) is 0 Å². The van der Waals surface area contributed by atoms with Gasteiger partial charge in [0.1, 0.15) is 12.0 Å². The third kappa shape index (κ3) is 3.92. The van der Waals surface area contributed by atoms with E-state index in [1.165, 1.54) is 24.0 Å². The molecule has 3 aliphatic carbocycles. The molecule has 5 atom stereocenters. The molecule has 1 saturated carbocycles. The van der Waals surface area contributed by atoms with Gasteiger partial charge < -0.3 is 14.0 Å². The van der Waals surface area contributed by atoms with Crippen LogP contribution in [0.3, 0.4) is 0 Å². The first-order valence-electron chi connectivity index (χ1n) is 12.5. The molecule has 0 spiro atoms. The fraction of sp³-hybridized carbons (Fsp3) is 0.679. The molecule has 0 radical (unpaired) electrons. The van der Waals surface area contributed by atoms with Gasteiger partial charge in [-0.2, -0.15) is 0 Å². The summed E-state index contributed by atoms with van der Waals surface area (Å²) < 4.78 is 12.6. The predicted octanol–water partition coefficient (Wildman–Crippen LogP) is 7.07. The minimum atomic E-state index is -1.84. The van der Waals surface area contributed by atoms with Gasteiger partial charge in [0.2, 0.25) is 0 Å². The minimum Gasteiger partial charge on any atom is -0.497 e. The van der Waals surface area contributed by atoms with Crippen LogP contribution in [0.15, 0.2) is 29.8 Å². The third-order valence-corrected chi connectivity index (χ3v) is 13.8.